The molecule has 0 bridgehead atoms. The van der Waals surface area contributed by atoms with Gasteiger partial charge in [-0.3, -0.25) is 5.32 Å². The third kappa shape index (κ3) is 4.34. The quantitative estimate of drug-likeness (QED) is 0.886. The maximum Gasteiger partial charge on any atom is 0.416 e. The molecule has 0 saturated carbocycles. The summed E-state index contributed by atoms with van der Waals surface area (Å²) in [5.41, 5.74) is -0.790. The molecule has 0 atom stereocenters. The van der Waals surface area contributed by atoms with Crippen molar-refractivity contribution in [3.63, 3.8) is 0 Å². The topological polar surface area (TPSA) is 38.3 Å². The molecule has 0 fully saturated rings. The smallest absolute Gasteiger partial charge is 0.416 e. The van der Waals surface area contributed by atoms with Crippen LogP contribution >= 0.6 is 0 Å². The number of hydrogen-bond acceptors (Lipinski definition) is 2. The lowest BCUT2D eigenvalue weighted by Gasteiger charge is -2.09. The zero-order valence-electron chi connectivity index (χ0n) is 8.88. The number of alkyl halides is 3. The Hall–Kier alpha value is -1.72. The third-order valence-electron chi connectivity index (χ3n) is 1.81. The van der Waals surface area contributed by atoms with Gasteiger partial charge in [0.15, 0.2) is 0 Å². The molecule has 1 aromatic rings. The minimum atomic E-state index is -4.44. The van der Waals surface area contributed by atoms with Crippen molar-refractivity contribution in [3.8, 4) is 0 Å². The normalized spacial score (nSPS) is 11.1. The molecule has 0 heterocycles. The van der Waals surface area contributed by atoms with Crippen molar-refractivity contribution < 1.29 is 22.7 Å². The average Bonchev–Trinajstić information content (AvgIpc) is 2.25. The number of benzene rings is 1. The van der Waals surface area contributed by atoms with E-state index in [9.17, 15) is 18.0 Å². The van der Waals surface area contributed by atoms with Crippen LogP contribution in [0.1, 0.15) is 12.0 Å². The summed E-state index contributed by atoms with van der Waals surface area (Å²) in [5.74, 6) is 0. The van der Waals surface area contributed by atoms with Crippen LogP contribution in [0.4, 0.5) is 23.7 Å². The number of amides is 1. The minimum Gasteiger partial charge on any atom is -0.449 e. The Morgan fingerprint density at radius 3 is 2.71 bits per heavy atom. The summed E-state index contributed by atoms with van der Waals surface area (Å²) in [6, 6.07) is 4.32. The second-order valence-corrected chi connectivity index (χ2v) is 3.19. The number of halogens is 3. The Kier molecular flexibility index (Phi) is 4.37. The summed E-state index contributed by atoms with van der Waals surface area (Å²) in [7, 11) is 0. The molecule has 1 amide bonds. The van der Waals surface area contributed by atoms with E-state index in [0.717, 1.165) is 12.1 Å². The number of anilines is 1. The Bertz CT molecular complexity index is 391. The maximum absolute atomic E-state index is 12.4. The third-order valence-corrected chi connectivity index (χ3v) is 1.81. The van der Waals surface area contributed by atoms with Crippen molar-refractivity contribution in [2.24, 2.45) is 0 Å². The van der Waals surface area contributed by atoms with Crippen molar-refractivity contribution in [1.29, 1.82) is 0 Å². The van der Waals surface area contributed by atoms with Crippen LogP contribution in [0.25, 0.3) is 0 Å². The van der Waals surface area contributed by atoms with Gasteiger partial charge in [0.05, 0.1) is 12.2 Å². The Labute approximate surface area is 96.6 Å². The van der Waals surface area contributed by atoms with Crippen molar-refractivity contribution in [1.82, 2.24) is 0 Å². The number of carbonyl (C=O) groups is 1. The number of carbonyl (C=O) groups excluding carboxylic acids is 1. The highest BCUT2D eigenvalue weighted by Gasteiger charge is 2.30. The lowest BCUT2D eigenvalue weighted by atomic mass is 10.2. The van der Waals surface area contributed by atoms with E-state index in [-0.39, 0.29) is 12.3 Å². The van der Waals surface area contributed by atoms with Gasteiger partial charge in [0.2, 0.25) is 0 Å². The number of hydrogen-bond donors (Lipinski definition) is 1. The predicted octanol–water partition coefficient (Wildman–Crippen LogP) is 3.48. The highest BCUT2D eigenvalue weighted by Crippen LogP contribution is 2.30. The van der Waals surface area contributed by atoms with Crippen LogP contribution in [0, 0.1) is 6.92 Å². The molecule has 1 radical (unpaired) electrons. The fraction of sp³-hybridized carbons (Fsp3) is 0.273. The summed E-state index contributed by atoms with van der Waals surface area (Å²) in [6.07, 6.45) is -4.83. The summed E-state index contributed by atoms with van der Waals surface area (Å²) >= 11 is 0. The molecule has 1 N–H and O–H groups in total. The summed E-state index contributed by atoms with van der Waals surface area (Å²) in [5, 5.41) is 2.20. The van der Waals surface area contributed by atoms with E-state index in [1.54, 1.807) is 0 Å². The molecule has 1 rings (SSSR count). The van der Waals surface area contributed by atoms with Gasteiger partial charge in [0.1, 0.15) is 0 Å². The Balaban J connectivity index is 2.69. The van der Waals surface area contributed by atoms with E-state index in [0.29, 0.717) is 6.42 Å². The summed E-state index contributed by atoms with van der Waals surface area (Å²) < 4.78 is 41.7. The van der Waals surface area contributed by atoms with Crippen LogP contribution in [-0.4, -0.2) is 12.7 Å². The molecule has 0 spiro atoms. The summed E-state index contributed by atoms with van der Waals surface area (Å²) in [4.78, 5) is 11.1. The first kappa shape index (κ1) is 13.3. The zero-order valence-corrected chi connectivity index (χ0v) is 8.88. The van der Waals surface area contributed by atoms with Crippen LogP contribution in [0.5, 0.6) is 0 Å². The molecule has 0 aliphatic carbocycles. The van der Waals surface area contributed by atoms with Crippen LogP contribution in [-0.2, 0) is 10.9 Å². The van der Waals surface area contributed by atoms with E-state index < -0.39 is 17.8 Å². The fourth-order valence-electron chi connectivity index (χ4n) is 1.09. The molecule has 0 aliphatic rings. The standard InChI is InChI=1S/C11H11F3NO2/c1-2-6-17-10(16)15-9-5-3-4-8(7-9)11(12,13)14/h3-5,7H,1-2,6H2,(H,15,16). The van der Waals surface area contributed by atoms with Crippen molar-refractivity contribution in [3.05, 3.63) is 36.8 Å². The highest BCUT2D eigenvalue weighted by atomic mass is 19.4. The van der Waals surface area contributed by atoms with Gasteiger partial charge in [-0.05, 0) is 31.5 Å². The van der Waals surface area contributed by atoms with Gasteiger partial charge >= 0.3 is 12.3 Å². The number of nitrogens with one attached hydrogen (secondary N) is 1. The molecule has 1 aromatic carbocycles. The van der Waals surface area contributed by atoms with E-state index in [2.05, 4.69) is 17.0 Å². The summed E-state index contributed by atoms with van der Waals surface area (Å²) in [6.45, 7) is 3.57. The Morgan fingerprint density at radius 2 is 2.12 bits per heavy atom. The first-order valence-corrected chi connectivity index (χ1v) is 4.84. The Morgan fingerprint density at radius 1 is 1.41 bits per heavy atom. The fourth-order valence-corrected chi connectivity index (χ4v) is 1.09. The number of ether oxygens (including phenoxy) is 1. The van der Waals surface area contributed by atoms with Gasteiger partial charge in [-0.1, -0.05) is 6.07 Å². The number of rotatable bonds is 3. The van der Waals surface area contributed by atoms with Crippen LogP contribution in [0.3, 0.4) is 0 Å². The molecular formula is C11H11F3NO2. The monoisotopic (exact) mass is 246 g/mol. The second-order valence-electron chi connectivity index (χ2n) is 3.19. The molecular weight excluding hydrogens is 235 g/mol. The van der Waals surface area contributed by atoms with Gasteiger partial charge in [-0.2, -0.15) is 13.2 Å². The lowest BCUT2D eigenvalue weighted by Crippen LogP contribution is -2.14. The minimum absolute atomic E-state index is 0.0360. The lowest BCUT2D eigenvalue weighted by molar-refractivity contribution is -0.137. The average molecular weight is 246 g/mol. The van der Waals surface area contributed by atoms with Gasteiger partial charge in [-0.15, -0.1) is 0 Å². The van der Waals surface area contributed by atoms with Gasteiger partial charge in [-0.25, -0.2) is 4.79 Å². The van der Waals surface area contributed by atoms with Crippen molar-refractivity contribution >= 4 is 11.8 Å². The predicted molar refractivity (Wildman–Crippen MR) is 56.4 cm³/mol. The molecule has 0 aromatic heterocycles. The molecule has 0 aliphatic heterocycles. The SMILES string of the molecule is [CH2]CCOC(=O)Nc1cccc(C(F)(F)F)c1. The van der Waals surface area contributed by atoms with Gasteiger partial charge < -0.3 is 4.74 Å². The highest BCUT2D eigenvalue weighted by molar-refractivity contribution is 5.84. The van der Waals surface area contributed by atoms with Gasteiger partial charge in [0, 0.05) is 5.69 Å². The largest absolute Gasteiger partial charge is 0.449 e. The molecule has 17 heavy (non-hydrogen) atoms. The molecule has 3 nitrogen and oxygen atoms in total. The first-order valence-electron chi connectivity index (χ1n) is 4.84. The first-order chi connectivity index (χ1) is 7.93. The maximum atomic E-state index is 12.4. The van der Waals surface area contributed by atoms with E-state index in [1.165, 1.54) is 12.1 Å². The van der Waals surface area contributed by atoms with Crippen LogP contribution in [0.2, 0.25) is 0 Å². The second kappa shape index (κ2) is 5.56. The molecule has 0 saturated heterocycles. The van der Waals surface area contributed by atoms with Crippen molar-refractivity contribution in [2.75, 3.05) is 11.9 Å². The van der Waals surface area contributed by atoms with E-state index in [1.807, 2.05) is 0 Å². The zero-order chi connectivity index (χ0) is 12.9. The van der Waals surface area contributed by atoms with E-state index in [4.69, 9.17) is 0 Å². The molecule has 0 unspecified atom stereocenters. The van der Waals surface area contributed by atoms with Crippen molar-refractivity contribution in [2.45, 2.75) is 12.6 Å². The molecule has 6 heteroatoms. The molecule has 93 valence electrons. The van der Waals surface area contributed by atoms with E-state index >= 15 is 0 Å². The van der Waals surface area contributed by atoms with Crippen LogP contribution in [0.15, 0.2) is 24.3 Å². The van der Waals surface area contributed by atoms with Crippen LogP contribution < -0.4 is 5.32 Å². The van der Waals surface area contributed by atoms with Gasteiger partial charge in [0.25, 0.3) is 0 Å².